The second-order valence-corrected chi connectivity index (χ2v) is 4.90. The summed E-state index contributed by atoms with van der Waals surface area (Å²) in [6, 6.07) is 0. The van der Waals surface area contributed by atoms with Crippen molar-refractivity contribution in [3.8, 4) is 0 Å². The molecule has 0 rings (SSSR count). The molecule has 0 aromatic rings. The number of hydrogen-bond acceptors (Lipinski definition) is 2. The number of nitrogens with one attached hydrogen (secondary N) is 1. The van der Waals surface area contributed by atoms with Crippen molar-refractivity contribution in [3.63, 3.8) is 0 Å². The molecule has 0 spiro atoms. The van der Waals surface area contributed by atoms with Crippen molar-refractivity contribution in [1.82, 2.24) is 5.32 Å². The quantitative estimate of drug-likeness (QED) is 0.568. The summed E-state index contributed by atoms with van der Waals surface area (Å²) in [7, 11) is 0. The van der Waals surface area contributed by atoms with Crippen LogP contribution in [0.2, 0.25) is 0 Å². The maximum Gasteiger partial charge on any atom is 0.226 e. The summed E-state index contributed by atoms with van der Waals surface area (Å²) < 4.78 is 0. The number of rotatable bonds is 11. The third-order valence-corrected chi connectivity index (χ3v) is 3.11. The molecule has 0 aromatic carbocycles. The van der Waals surface area contributed by atoms with Crippen LogP contribution in [0.25, 0.3) is 0 Å². The number of hydrogen-bond donors (Lipinski definition) is 1. The highest BCUT2D eigenvalue weighted by Gasteiger charge is 2.04. The molecule has 0 atom stereocenters. The summed E-state index contributed by atoms with van der Waals surface area (Å²) in [6.45, 7) is 3.98. The Morgan fingerprint density at radius 1 is 0.722 bits per heavy atom. The molecule has 0 aliphatic carbocycles. The van der Waals surface area contributed by atoms with Crippen LogP contribution in [0.3, 0.4) is 0 Å². The Balaban J connectivity index is 3.20. The summed E-state index contributed by atoms with van der Waals surface area (Å²) in [5, 5.41) is 2.38. The van der Waals surface area contributed by atoms with Crippen molar-refractivity contribution in [2.75, 3.05) is 0 Å². The molecule has 0 bridgehead atoms. The minimum absolute atomic E-state index is 0.121. The van der Waals surface area contributed by atoms with Gasteiger partial charge in [0, 0.05) is 12.8 Å². The number of unbranched alkanes of at least 4 members (excludes halogenated alkanes) is 8. The molecule has 3 heteroatoms. The van der Waals surface area contributed by atoms with Gasteiger partial charge in [-0.2, -0.15) is 0 Å². The lowest BCUT2D eigenvalue weighted by atomic mass is 10.1. The third kappa shape index (κ3) is 11.6. The number of carbonyl (C=O) groups excluding carboxylic acids is 2. The zero-order valence-electron chi connectivity index (χ0n) is 12.1. The van der Waals surface area contributed by atoms with Crippen LogP contribution >= 0.6 is 0 Å². The Morgan fingerprint density at radius 3 is 1.72 bits per heavy atom. The first kappa shape index (κ1) is 17.1. The molecule has 106 valence electrons. The highest BCUT2D eigenvalue weighted by Crippen LogP contribution is 2.10. The summed E-state index contributed by atoms with van der Waals surface area (Å²) in [5.41, 5.74) is 0. The number of amides is 2. The van der Waals surface area contributed by atoms with Crippen LogP contribution in [0.4, 0.5) is 0 Å². The molecule has 18 heavy (non-hydrogen) atoms. The topological polar surface area (TPSA) is 46.2 Å². The van der Waals surface area contributed by atoms with E-state index in [2.05, 4.69) is 12.2 Å². The van der Waals surface area contributed by atoms with E-state index >= 15 is 0 Å². The standard InChI is InChI=1S/C15H29NO2/c1-3-5-6-7-8-9-10-11-12-13-15(18)16-14(17)4-2/h3-13H2,1-2H3,(H,16,17,18). The van der Waals surface area contributed by atoms with E-state index in [1.54, 1.807) is 6.92 Å². The van der Waals surface area contributed by atoms with E-state index in [-0.39, 0.29) is 11.8 Å². The van der Waals surface area contributed by atoms with Gasteiger partial charge in [0.2, 0.25) is 11.8 Å². The smallest absolute Gasteiger partial charge is 0.226 e. The van der Waals surface area contributed by atoms with Gasteiger partial charge in [-0.3, -0.25) is 14.9 Å². The molecule has 2 amide bonds. The molecule has 0 unspecified atom stereocenters. The highest BCUT2D eigenvalue weighted by molar-refractivity contribution is 5.94. The Bertz CT molecular complexity index is 227. The summed E-state index contributed by atoms with van der Waals surface area (Å²) >= 11 is 0. The van der Waals surface area contributed by atoms with E-state index in [4.69, 9.17) is 0 Å². The second kappa shape index (κ2) is 12.6. The van der Waals surface area contributed by atoms with Crippen LogP contribution in [0.5, 0.6) is 0 Å². The van der Waals surface area contributed by atoms with Crippen molar-refractivity contribution in [2.45, 2.75) is 84.5 Å². The van der Waals surface area contributed by atoms with Crippen LogP contribution in [-0.2, 0) is 9.59 Å². The van der Waals surface area contributed by atoms with Crippen molar-refractivity contribution < 1.29 is 9.59 Å². The molecule has 0 heterocycles. The maximum atomic E-state index is 11.3. The molecule has 0 saturated carbocycles. The van der Waals surface area contributed by atoms with Gasteiger partial charge in [-0.25, -0.2) is 0 Å². The second-order valence-electron chi connectivity index (χ2n) is 4.90. The van der Waals surface area contributed by atoms with Crippen molar-refractivity contribution in [2.24, 2.45) is 0 Å². The first-order valence-electron chi connectivity index (χ1n) is 7.53. The minimum Gasteiger partial charge on any atom is -0.296 e. The van der Waals surface area contributed by atoms with Crippen LogP contribution in [-0.4, -0.2) is 11.8 Å². The van der Waals surface area contributed by atoms with E-state index in [1.807, 2.05) is 0 Å². The largest absolute Gasteiger partial charge is 0.296 e. The fourth-order valence-electron chi connectivity index (χ4n) is 1.90. The Hall–Kier alpha value is -0.860. The molecular weight excluding hydrogens is 226 g/mol. The van der Waals surface area contributed by atoms with Crippen LogP contribution in [0, 0.1) is 0 Å². The molecule has 0 radical (unpaired) electrons. The van der Waals surface area contributed by atoms with Crippen molar-refractivity contribution in [3.05, 3.63) is 0 Å². The van der Waals surface area contributed by atoms with Crippen molar-refractivity contribution >= 4 is 11.8 Å². The van der Waals surface area contributed by atoms with Crippen LogP contribution < -0.4 is 5.32 Å². The molecule has 1 N–H and O–H groups in total. The third-order valence-electron chi connectivity index (χ3n) is 3.11. The van der Waals surface area contributed by atoms with Gasteiger partial charge in [0.1, 0.15) is 0 Å². The van der Waals surface area contributed by atoms with E-state index in [1.165, 1.54) is 44.9 Å². The fraction of sp³-hybridized carbons (Fsp3) is 0.867. The Kier molecular flexibility index (Phi) is 12.0. The van der Waals surface area contributed by atoms with Gasteiger partial charge >= 0.3 is 0 Å². The Labute approximate surface area is 112 Å². The van der Waals surface area contributed by atoms with Gasteiger partial charge in [-0.1, -0.05) is 65.2 Å². The van der Waals surface area contributed by atoms with Crippen LogP contribution in [0.1, 0.15) is 84.5 Å². The molecule has 3 nitrogen and oxygen atoms in total. The average Bonchev–Trinajstić information content (AvgIpc) is 2.36. The van der Waals surface area contributed by atoms with Gasteiger partial charge in [-0.15, -0.1) is 0 Å². The van der Waals surface area contributed by atoms with Gasteiger partial charge in [0.25, 0.3) is 0 Å². The SMILES string of the molecule is CCCCCCCCCCCC(=O)NC(=O)CC. The van der Waals surface area contributed by atoms with Gasteiger partial charge in [-0.05, 0) is 6.42 Å². The Morgan fingerprint density at radius 2 is 1.22 bits per heavy atom. The average molecular weight is 255 g/mol. The molecule has 0 aromatic heterocycles. The molecule has 0 aliphatic rings. The lowest BCUT2D eigenvalue weighted by Gasteiger charge is -2.03. The zero-order valence-corrected chi connectivity index (χ0v) is 12.1. The first-order chi connectivity index (χ1) is 8.70. The number of imide groups is 1. The first-order valence-corrected chi connectivity index (χ1v) is 7.53. The molecule has 0 saturated heterocycles. The van der Waals surface area contributed by atoms with Crippen LogP contribution in [0.15, 0.2) is 0 Å². The monoisotopic (exact) mass is 255 g/mol. The zero-order chi connectivity index (χ0) is 13.6. The van der Waals surface area contributed by atoms with E-state index in [9.17, 15) is 9.59 Å². The van der Waals surface area contributed by atoms with Gasteiger partial charge < -0.3 is 0 Å². The minimum atomic E-state index is -0.170. The predicted molar refractivity (Wildman–Crippen MR) is 75.3 cm³/mol. The lowest BCUT2D eigenvalue weighted by Crippen LogP contribution is -2.29. The van der Waals surface area contributed by atoms with E-state index < -0.39 is 0 Å². The predicted octanol–water partition coefficient (Wildman–Crippen LogP) is 3.96. The molecule has 0 aliphatic heterocycles. The summed E-state index contributed by atoms with van der Waals surface area (Å²) in [4.78, 5) is 22.2. The fourth-order valence-corrected chi connectivity index (χ4v) is 1.90. The normalized spacial score (nSPS) is 10.3. The van der Waals surface area contributed by atoms with Gasteiger partial charge in [0.15, 0.2) is 0 Å². The number of carbonyl (C=O) groups is 2. The lowest BCUT2D eigenvalue weighted by molar-refractivity contribution is -0.130. The summed E-state index contributed by atoms with van der Waals surface area (Å²) in [5.74, 6) is -0.291. The van der Waals surface area contributed by atoms with Crippen molar-refractivity contribution in [1.29, 1.82) is 0 Å². The van der Waals surface area contributed by atoms with Gasteiger partial charge in [0.05, 0.1) is 0 Å². The molecular formula is C15H29NO2. The van der Waals surface area contributed by atoms with E-state index in [0.717, 1.165) is 12.8 Å². The maximum absolute atomic E-state index is 11.3. The highest BCUT2D eigenvalue weighted by atomic mass is 16.2. The molecule has 0 fully saturated rings. The van der Waals surface area contributed by atoms with E-state index in [0.29, 0.717) is 12.8 Å². The summed E-state index contributed by atoms with van der Waals surface area (Å²) in [6.07, 6.45) is 12.0.